The molecular weight excluding hydrogens is 268 g/mol. The molecule has 1 amide bonds. The molecule has 3 N–H and O–H groups in total. The molecule has 0 bridgehead atoms. The van der Waals surface area contributed by atoms with Crippen LogP contribution in [-0.2, 0) is 4.79 Å². The molecule has 0 heterocycles. The van der Waals surface area contributed by atoms with Crippen LogP contribution >= 0.6 is 11.8 Å². The maximum Gasteiger partial charge on any atom is 0.233 e. The molecule has 1 aromatic carbocycles. The van der Waals surface area contributed by atoms with E-state index >= 15 is 0 Å². The summed E-state index contributed by atoms with van der Waals surface area (Å²) in [7, 11) is 0. The normalized spacial score (nSPS) is 18.2. The van der Waals surface area contributed by atoms with Gasteiger partial charge in [0.05, 0.1) is 5.25 Å². The van der Waals surface area contributed by atoms with Gasteiger partial charge in [0, 0.05) is 16.6 Å². The molecular formula is C16H24N2OS. The molecule has 0 aliphatic heterocycles. The van der Waals surface area contributed by atoms with E-state index < -0.39 is 0 Å². The predicted octanol–water partition coefficient (Wildman–Crippen LogP) is 3.59. The molecule has 1 fully saturated rings. The average molecular weight is 292 g/mol. The summed E-state index contributed by atoms with van der Waals surface area (Å²) in [5, 5.41) is 3.14. The van der Waals surface area contributed by atoms with Gasteiger partial charge in [-0.3, -0.25) is 4.79 Å². The highest BCUT2D eigenvalue weighted by atomic mass is 32.2. The Morgan fingerprint density at radius 2 is 1.80 bits per heavy atom. The molecule has 1 atom stereocenters. The van der Waals surface area contributed by atoms with E-state index in [0.717, 1.165) is 23.4 Å². The lowest BCUT2D eigenvalue weighted by Gasteiger charge is -2.19. The first-order chi connectivity index (χ1) is 9.65. The maximum atomic E-state index is 12.2. The Labute approximate surface area is 125 Å². The number of nitrogens with two attached hydrogens (primary N) is 1. The lowest BCUT2D eigenvalue weighted by atomic mass is 10.1. The van der Waals surface area contributed by atoms with Crippen LogP contribution in [0.5, 0.6) is 0 Å². The Bertz CT molecular complexity index is 425. The standard InChI is InChI=1S/C16H24N2OS/c1-12(20-15-10-8-13(17)9-11-15)16(19)18-14-6-4-2-3-5-7-14/h8-12,14H,2-7,17H2,1H3,(H,18,19). The quantitative estimate of drug-likeness (QED) is 0.506. The van der Waals surface area contributed by atoms with Crippen LogP contribution in [0.2, 0.25) is 0 Å². The zero-order valence-corrected chi connectivity index (χ0v) is 12.9. The lowest BCUT2D eigenvalue weighted by Crippen LogP contribution is -2.39. The van der Waals surface area contributed by atoms with Crippen LogP contribution < -0.4 is 11.1 Å². The van der Waals surface area contributed by atoms with Crippen molar-refractivity contribution in [2.45, 2.75) is 61.6 Å². The highest BCUT2D eigenvalue weighted by Crippen LogP contribution is 2.25. The number of amides is 1. The minimum Gasteiger partial charge on any atom is -0.399 e. The van der Waals surface area contributed by atoms with E-state index in [-0.39, 0.29) is 11.2 Å². The first-order valence-corrected chi connectivity index (χ1v) is 8.35. The smallest absolute Gasteiger partial charge is 0.233 e. The number of nitrogens with one attached hydrogen (secondary N) is 1. The Morgan fingerprint density at radius 3 is 2.40 bits per heavy atom. The number of carbonyl (C=O) groups is 1. The molecule has 1 aliphatic carbocycles. The number of carbonyl (C=O) groups excluding carboxylic acids is 1. The second kappa shape index (κ2) is 7.58. The fraction of sp³-hybridized carbons (Fsp3) is 0.562. The summed E-state index contributed by atoms with van der Waals surface area (Å²) < 4.78 is 0. The lowest BCUT2D eigenvalue weighted by molar-refractivity contribution is -0.121. The zero-order chi connectivity index (χ0) is 14.4. The van der Waals surface area contributed by atoms with Crippen LogP contribution in [0.3, 0.4) is 0 Å². The summed E-state index contributed by atoms with van der Waals surface area (Å²) >= 11 is 1.59. The van der Waals surface area contributed by atoms with Crippen molar-refractivity contribution in [1.82, 2.24) is 5.32 Å². The van der Waals surface area contributed by atoms with Gasteiger partial charge in [0.1, 0.15) is 0 Å². The van der Waals surface area contributed by atoms with Crippen molar-refractivity contribution in [3.8, 4) is 0 Å². The van der Waals surface area contributed by atoms with Crippen molar-refractivity contribution in [2.24, 2.45) is 0 Å². The van der Waals surface area contributed by atoms with E-state index in [9.17, 15) is 4.79 Å². The monoisotopic (exact) mass is 292 g/mol. The number of hydrogen-bond acceptors (Lipinski definition) is 3. The Morgan fingerprint density at radius 1 is 1.20 bits per heavy atom. The van der Waals surface area contributed by atoms with Gasteiger partial charge in [-0.1, -0.05) is 25.7 Å². The molecule has 110 valence electrons. The van der Waals surface area contributed by atoms with Crippen molar-refractivity contribution in [2.75, 3.05) is 5.73 Å². The van der Waals surface area contributed by atoms with E-state index in [0.29, 0.717) is 6.04 Å². The number of rotatable bonds is 4. The summed E-state index contributed by atoms with van der Waals surface area (Å²) in [4.78, 5) is 13.3. The largest absolute Gasteiger partial charge is 0.399 e. The number of hydrogen-bond donors (Lipinski definition) is 2. The summed E-state index contributed by atoms with van der Waals surface area (Å²) in [6.07, 6.45) is 7.36. The number of nitrogen functional groups attached to an aromatic ring is 1. The average Bonchev–Trinajstić information content (AvgIpc) is 2.70. The van der Waals surface area contributed by atoms with E-state index in [4.69, 9.17) is 5.73 Å². The van der Waals surface area contributed by atoms with Crippen LogP contribution in [0, 0.1) is 0 Å². The third kappa shape index (κ3) is 4.75. The summed E-state index contributed by atoms with van der Waals surface area (Å²) in [5.41, 5.74) is 6.42. The maximum absolute atomic E-state index is 12.2. The first kappa shape index (κ1) is 15.2. The zero-order valence-electron chi connectivity index (χ0n) is 12.1. The second-order valence-electron chi connectivity index (χ2n) is 5.53. The number of benzene rings is 1. The van der Waals surface area contributed by atoms with Gasteiger partial charge in [0.25, 0.3) is 0 Å². The topological polar surface area (TPSA) is 55.1 Å². The van der Waals surface area contributed by atoms with E-state index in [1.807, 2.05) is 31.2 Å². The molecule has 0 spiro atoms. The fourth-order valence-electron chi connectivity index (χ4n) is 2.55. The highest BCUT2D eigenvalue weighted by Gasteiger charge is 2.19. The molecule has 2 rings (SSSR count). The minimum absolute atomic E-state index is 0.0677. The molecule has 1 aliphatic rings. The van der Waals surface area contributed by atoms with E-state index in [2.05, 4.69) is 5.32 Å². The third-order valence-electron chi connectivity index (χ3n) is 3.76. The van der Waals surface area contributed by atoms with Gasteiger partial charge in [-0.25, -0.2) is 0 Å². The van der Waals surface area contributed by atoms with E-state index in [1.54, 1.807) is 11.8 Å². The molecule has 4 heteroatoms. The van der Waals surface area contributed by atoms with Gasteiger partial charge in [-0.05, 0) is 44.0 Å². The molecule has 0 saturated heterocycles. The van der Waals surface area contributed by atoms with Crippen molar-refractivity contribution in [3.63, 3.8) is 0 Å². The number of thioether (sulfide) groups is 1. The minimum atomic E-state index is -0.0677. The Balaban J connectivity index is 1.83. The van der Waals surface area contributed by atoms with Crippen LogP contribution in [0.4, 0.5) is 5.69 Å². The molecule has 20 heavy (non-hydrogen) atoms. The first-order valence-electron chi connectivity index (χ1n) is 7.48. The molecule has 1 unspecified atom stereocenters. The van der Waals surface area contributed by atoms with Gasteiger partial charge in [0.2, 0.25) is 5.91 Å². The summed E-state index contributed by atoms with van der Waals surface area (Å²) in [6, 6.07) is 8.06. The van der Waals surface area contributed by atoms with Crippen LogP contribution in [0.1, 0.15) is 45.4 Å². The number of anilines is 1. The molecule has 0 radical (unpaired) electrons. The molecule has 0 aromatic heterocycles. The Hall–Kier alpha value is -1.16. The van der Waals surface area contributed by atoms with Gasteiger partial charge >= 0.3 is 0 Å². The van der Waals surface area contributed by atoms with Gasteiger partial charge in [-0.15, -0.1) is 11.8 Å². The fourth-order valence-corrected chi connectivity index (χ4v) is 3.42. The van der Waals surface area contributed by atoms with Crippen molar-refractivity contribution in [3.05, 3.63) is 24.3 Å². The highest BCUT2D eigenvalue weighted by molar-refractivity contribution is 8.00. The molecule has 3 nitrogen and oxygen atoms in total. The van der Waals surface area contributed by atoms with Crippen LogP contribution in [-0.4, -0.2) is 17.2 Å². The van der Waals surface area contributed by atoms with Crippen LogP contribution in [0.25, 0.3) is 0 Å². The summed E-state index contributed by atoms with van der Waals surface area (Å²) in [5.74, 6) is 0.152. The van der Waals surface area contributed by atoms with Gasteiger partial charge < -0.3 is 11.1 Å². The van der Waals surface area contributed by atoms with Gasteiger partial charge in [-0.2, -0.15) is 0 Å². The van der Waals surface area contributed by atoms with Crippen molar-refractivity contribution in [1.29, 1.82) is 0 Å². The third-order valence-corrected chi connectivity index (χ3v) is 4.88. The Kier molecular flexibility index (Phi) is 5.77. The molecule has 1 saturated carbocycles. The van der Waals surface area contributed by atoms with Gasteiger partial charge in [0.15, 0.2) is 0 Å². The van der Waals surface area contributed by atoms with Crippen molar-refractivity contribution < 1.29 is 4.79 Å². The molecule has 1 aromatic rings. The summed E-state index contributed by atoms with van der Waals surface area (Å²) in [6.45, 7) is 1.97. The van der Waals surface area contributed by atoms with Crippen molar-refractivity contribution >= 4 is 23.4 Å². The SMILES string of the molecule is CC(Sc1ccc(N)cc1)C(=O)NC1CCCCCC1. The second-order valence-corrected chi connectivity index (χ2v) is 6.94. The van der Waals surface area contributed by atoms with E-state index in [1.165, 1.54) is 25.7 Å². The predicted molar refractivity (Wildman–Crippen MR) is 85.8 cm³/mol. The van der Waals surface area contributed by atoms with Crippen LogP contribution in [0.15, 0.2) is 29.2 Å².